The van der Waals surface area contributed by atoms with E-state index in [0.717, 1.165) is 42.6 Å². The van der Waals surface area contributed by atoms with Crippen molar-refractivity contribution < 1.29 is 4.79 Å². The molecule has 0 radical (unpaired) electrons. The Hall–Kier alpha value is -2.27. The summed E-state index contributed by atoms with van der Waals surface area (Å²) in [6.07, 6.45) is 6.89. The molecule has 1 saturated carbocycles. The molecule has 2 aliphatic heterocycles. The summed E-state index contributed by atoms with van der Waals surface area (Å²) in [5.41, 5.74) is 3.25. The maximum Gasteiger partial charge on any atom is 0.317 e. The molecular weight excluding hydrogens is 398 g/mol. The van der Waals surface area contributed by atoms with Gasteiger partial charge in [-0.2, -0.15) is 0 Å². The Morgan fingerprint density at radius 3 is 2.50 bits per heavy atom. The predicted octanol–water partition coefficient (Wildman–Crippen LogP) is 4.63. The molecule has 2 bridgehead atoms. The van der Waals surface area contributed by atoms with Crippen LogP contribution in [0.5, 0.6) is 0 Å². The number of benzene rings is 1. The number of fused-ring (bicyclic) bond motifs is 4. The molecule has 1 saturated heterocycles. The van der Waals surface area contributed by atoms with Crippen molar-refractivity contribution in [3.05, 3.63) is 57.5 Å². The number of aromatic nitrogens is 1. The standard InChI is InChI=1S/C24H28ClN3O2/c25-19-8-6-17(7-9-19)21-10-11-22(29)28-14-16-12-18(23(21)28)15-27(13-16)24(30)26-20-4-2-1-3-5-20/h6-11,16,18,20H,1-5,12-15H2,(H,26,30). The Morgan fingerprint density at radius 2 is 1.73 bits per heavy atom. The number of hydrogen-bond acceptors (Lipinski definition) is 2. The minimum atomic E-state index is 0.0533. The molecule has 1 aliphatic carbocycles. The van der Waals surface area contributed by atoms with E-state index in [9.17, 15) is 9.59 Å². The number of carbonyl (C=O) groups is 1. The molecule has 0 spiro atoms. The molecule has 3 heterocycles. The summed E-state index contributed by atoms with van der Waals surface area (Å²) in [6, 6.07) is 11.8. The van der Waals surface area contributed by atoms with Crippen LogP contribution in [0.3, 0.4) is 0 Å². The third kappa shape index (κ3) is 3.76. The van der Waals surface area contributed by atoms with Gasteiger partial charge < -0.3 is 14.8 Å². The molecular formula is C24H28ClN3O2. The quantitative estimate of drug-likeness (QED) is 0.762. The lowest BCUT2D eigenvalue weighted by Crippen LogP contribution is -2.53. The highest BCUT2D eigenvalue weighted by molar-refractivity contribution is 6.30. The number of rotatable bonds is 2. The van der Waals surface area contributed by atoms with Crippen molar-refractivity contribution in [1.29, 1.82) is 0 Å². The van der Waals surface area contributed by atoms with Gasteiger partial charge in [-0.1, -0.05) is 43.0 Å². The lowest BCUT2D eigenvalue weighted by molar-refractivity contribution is 0.128. The Kier molecular flexibility index (Phi) is 5.32. The van der Waals surface area contributed by atoms with E-state index in [4.69, 9.17) is 11.6 Å². The van der Waals surface area contributed by atoms with E-state index >= 15 is 0 Å². The van der Waals surface area contributed by atoms with E-state index in [0.29, 0.717) is 30.1 Å². The number of nitrogens with zero attached hydrogens (tertiary/aromatic N) is 2. The number of amides is 2. The molecule has 5 nitrogen and oxygen atoms in total. The average molecular weight is 426 g/mol. The van der Waals surface area contributed by atoms with Gasteiger partial charge in [-0.05, 0) is 48.9 Å². The molecule has 30 heavy (non-hydrogen) atoms. The van der Waals surface area contributed by atoms with E-state index in [2.05, 4.69) is 5.32 Å². The van der Waals surface area contributed by atoms with Crippen LogP contribution < -0.4 is 10.9 Å². The highest BCUT2D eigenvalue weighted by Crippen LogP contribution is 2.40. The second kappa shape index (κ2) is 8.10. The molecule has 1 aromatic carbocycles. The van der Waals surface area contributed by atoms with E-state index in [1.165, 1.54) is 19.3 Å². The van der Waals surface area contributed by atoms with Gasteiger partial charge in [-0.3, -0.25) is 4.79 Å². The fourth-order valence-electron chi connectivity index (χ4n) is 5.57. The van der Waals surface area contributed by atoms with Crippen molar-refractivity contribution in [3.8, 4) is 11.1 Å². The van der Waals surface area contributed by atoms with Crippen molar-refractivity contribution in [1.82, 2.24) is 14.8 Å². The van der Waals surface area contributed by atoms with Gasteiger partial charge in [0.1, 0.15) is 0 Å². The van der Waals surface area contributed by atoms with Gasteiger partial charge in [-0.15, -0.1) is 0 Å². The third-order valence-corrected chi connectivity index (χ3v) is 7.22. The lowest BCUT2D eigenvalue weighted by Gasteiger charge is -2.44. The number of nitrogens with one attached hydrogen (secondary N) is 1. The smallest absolute Gasteiger partial charge is 0.317 e. The molecule has 5 rings (SSSR count). The number of halogens is 1. The first kappa shape index (κ1) is 19.7. The van der Waals surface area contributed by atoms with Crippen LogP contribution in [-0.2, 0) is 6.54 Å². The molecule has 1 N–H and O–H groups in total. The monoisotopic (exact) mass is 425 g/mol. The second-order valence-corrected chi connectivity index (χ2v) is 9.51. The minimum absolute atomic E-state index is 0.0533. The molecule has 158 valence electrons. The molecule has 2 fully saturated rings. The fourth-order valence-corrected chi connectivity index (χ4v) is 5.69. The molecule has 2 amide bonds. The van der Waals surface area contributed by atoms with Crippen LogP contribution in [0.4, 0.5) is 4.79 Å². The molecule has 2 aromatic rings. The normalized spacial score (nSPS) is 23.7. The van der Waals surface area contributed by atoms with E-state index in [-0.39, 0.29) is 17.5 Å². The Bertz CT molecular complexity index is 995. The third-order valence-electron chi connectivity index (χ3n) is 6.97. The SMILES string of the molecule is O=C(NC1CCCCC1)N1CC2CC(C1)c1c(-c3ccc(Cl)cc3)ccc(=O)n1C2. The van der Waals surface area contributed by atoms with E-state index in [1.54, 1.807) is 6.07 Å². The van der Waals surface area contributed by atoms with Crippen LogP contribution in [0.25, 0.3) is 11.1 Å². The highest BCUT2D eigenvalue weighted by Gasteiger charge is 2.38. The Labute approximate surface area is 182 Å². The Balaban J connectivity index is 1.43. The van der Waals surface area contributed by atoms with Gasteiger partial charge in [0, 0.05) is 53.9 Å². The number of carbonyl (C=O) groups excluding carboxylic acids is 1. The summed E-state index contributed by atoms with van der Waals surface area (Å²) in [7, 11) is 0. The molecule has 6 heteroatoms. The summed E-state index contributed by atoms with van der Waals surface area (Å²) in [5, 5.41) is 3.97. The number of likely N-dealkylation sites (tertiary alicyclic amines) is 1. The predicted molar refractivity (Wildman–Crippen MR) is 119 cm³/mol. The van der Waals surface area contributed by atoms with Crippen molar-refractivity contribution in [2.75, 3.05) is 13.1 Å². The van der Waals surface area contributed by atoms with Gasteiger partial charge in [0.15, 0.2) is 0 Å². The average Bonchev–Trinajstić information content (AvgIpc) is 2.76. The zero-order valence-corrected chi connectivity index (χ0v) is 17.9. The zero-order chi connectivity index (χ0) is 20.7. The van der Waals surface area contributed by atoms with Crippen molar-refractivity contribution in [3.63, 3.8) is 0 Å². The van der Waals surface area contributed by atoms with Crippen molar-refractivity contribution in [2.24, 2.45) is 5.92 Å². The summed E-state index contributed by atoms with van der Waals surface area (Å²) >= 11 is 6.08. The van der Waals surface area contributed by atoms with Crippen molar-refractivity contribution >= 4 is 17.6 Å². The number of hydrogen-bond donors (Lipinski definition) is 1. The fraction of sp³-hybridized carbons (Fsp3) is 0.500. The number of pyridine rings is 1. The van der Waals surface area contributed by atoms with Crippen LogP contribution in [0.15, 0.2) is 41.2 Å². The van der Waals surface area contributed by atoms with Gasteiger partial charge >= 0.3 is 6.03 Å². The van der Waals surface area contributed by atoms with Crippen molar-refractivity contribution in [2.45, 2.75) is 57.0 Å². The highest BCUT2D eigenvalue weighted by atomic mass is 35.5. The zero-order valence-electron chi connectivity index (χ0n) is 17.1. The first-order valence-electron chi connectivity index (χ1n) is 11.1. The summed E-state index contributed by atoms with van der Waals surface area (Å²) in [4.78, 5) is 27.6. The van der Waals surface area contributed by atoms with Crippen LogP contribution in [0, 0.1) is 5.92 Å². The van der Waals surface area contributed by atoms with E-state index < -0.39 is 0 Å². The molecule has 3 aliphatic rings. The number of piperidine rings is 1. The summed E-state index contributed by atoms with van der Waals surface area (Å²) < 4.78 is 1.94. The molecule has 2 unspecified atom stereocenters. The van der Waals surface area contributed by atoms with Crippen LogP contribution >= 0.6 is 11.6 Å². The van der Waals surface area contributed by atoms with Gasteiger partial charge in [-0.25, -0.2) is 4.79 Å². The lowest BCUT2D eigenvalue weighted by atomic mass is 9.80. The van der Waals surface area contributed by atoms with Crippen LogP contribution in [0.2, 0.25) is 5.02 Å². The van der Waals surface area contributed by atoms with Crippen LogP contribution in [-0.4, -0.2) is 34.6 Å². The minimum Gasteiger partial charge on any atom is -0.335 e. The largest absolute Gasteiger partial charge is 0.335 e. The van der Waals surface area contributed by atoms with Crippen LogP contribution in [0.1, 0.15) is 50.1 Å². The Morgan fingerprint density at radius 1 is 0.967 bits per heavy atom. The molecule has 1 aromatic heterocycles. The maximum absolute atomic E-state index is 13.0. The summed E-state index contributed by atoms with van der Waals surface area (Å²) in [5.74, 6) is 0.501. The van der Waals surface area contributed by atoms with Gasteiger partial charge in [0.25, 0.3) is 5.56 Å². The second-order valence-electron chi connectivity index (χ2n) is 9.08. The number of urea groups is 1. The molecule has 2 atom stereocenters. The van der Waals surface area contributed by atoms with E-state index in [1.807, 2.05) is 39.8 Å². The first-order chi connectivity index (χ1) is 14.6. The topological polar surface area (TPSA) is 54.3 Å². The maximum atomic E-state index is 13.0. The van der Waals surface area contributed by atoms with Gasteiger partial charge in [0.2, 0.25) is 0 Å². The summed E-state index contributed by atoms with van der Waals surface area (Å²) in [6.45, 7) is 2.07. The first-order valence-corrected chi connectivity index (χ1v) is 11.5. The van der Waals surface area contributed by atoms with Gasteiger partial charge in [0.05, 0.1) is 0 Å².